The largest absolute Gasteiger partial charge is 0.367 e. The molecule has 0 saturated carbocycles. The summed E-state index contributed by atoms with van der Waals surface area (Å²) in [5.41, 5.74) is 0.553. The summed E-state index contributed by atoms with van der Waals surface area (Å²) in [7, 11) is 1.20. The molecule has 0 aromatic heterocycles. The average molecular weight is 183 g/mol. The standard InChI is InChI=1S/C8H7F.CH3NO2/c1-2-7-5-3-4-6-8(7)9;1-4-2-3/h2-6H,1H2;1H3. The summed E-state index contributed by atoms with van der Waals surface area (Å²) in [6.45, 7) is 3.45. The van der Waals surface area contributed by atoms with E-state index in [2.05, 4.69) is 11.4 Å². The van der Waals surface area contributed by atoms with Crippen molar-refractivity contribution in [1.29, 1.82) is 0 Å². The molecule has 0 aliphatic rings. The minimum Gasteiger partial charge on any atom is -0.367 e. The van der Waals surface area contributed by atoms with E-state index in [-0.39, 0.29) is 5.82 Å². The van der Waals surface area contributed by atoms with Crippen molar-refractivity contribution in [2.75, 3.05) is 7.11 Å². The second kappa shape index (κ2) is 6.97. The van der Waals surface area contributed by atoms with Crippen molar-refractivity contribution in [2.45, 2.75) is 0 Å². The quantitative estimate of drug-likeness (QED) is 0.522. The molecule has 1 rings (SSSR count). The van der Waals surface area contributed by atoms with Crippen molar-refractivity contribution in [1.82, 2.24) is 0 Å². The van der Waals surface area contributed by atoms with Crippen LogP contribution in [-0.2, 0) is 4.84 Å². The molecule has 0 unspecified atom stereocenters. The maximum absolute atomic E-state index is 12.5. The van der Waals surface area contributed by atoms with Crippen molar-refractivity contribution in [3.63, 3.8) is 0 Å². The van der Waals surface area contributed by atoms with E-state index in [1.54, 1.807) is 18.2 Å². The predicted octanol–water partition coefficient (Wildman–Crippen LogP) is 2.78. The van der Waals surface area contributed by atoms with Gasteiger partial charge in [-0.15, -0.1) is 4.91 Å². The Bertz CT molecular complexity index is 276. The third-order valence-corrected chi connectivity index (χ3v) is 1.20. The zero-order chi connectivity index (χ0) is 10.1. The Morgan fingerprint density at radius 3 is 2.38 bits per heavy atom. The van der Waals surface area contributed by atoms with Crippen LogP contribution in [0.3, 0.4) is 0 Å². The molecule has 0 atom stereocenters. The van der Waals surface area contributed by atoms with Crippen molar-refractivity contribution in [3.05, 3.63) is 47.1 Å². The normalized spacial score (nSPS) is 7.85. The van der Waals surface area contributed by atoms with Gasteiger partial charge in [0.15, 0.2) is 5.34 Å². The lowest BCUT2D eigenvalue weighted by atomic mass is 10.2. The fraction of sp³-hybridized carbons (Fsp3) is 0.111. The molecular formula is C9H10FNO2. The molecular weight excluding hydrogens is 173 g/mol. The molecule has 0 bridgehead atoms. The lowest BCUT2D eigenvalue weighted by molar-refractivity contribution is 0.208. The number of nitrogens with zero attached hydrogens (tertiary/aromatic N) is 1. The van der Waals surface area contributed by atoms with E-state index < -0.39 is 0 Å². The summed E-state index contributed by atoms with van der Waals surface area (Å²) in [4.78, 5) is 12.3. The van der Waals surface area contributed by atoms with Crippen LogP contribution in [0, 0.1) is 10.7 Å². The first-order chi connectivity index (χ1) is 6.26. The first-order valence-corrected chi connectivity index (χ1v) is 3.49. The Morgan fingerprint density at radius 2 is 2.08 bits per heavy atom. The molecule has 0 spiro atoms. The molecule has 70 valence electrons. The molecule has 3 nitrogen and oxygen atoms in total. The van der Waals surface area contributed by atoms with Gasteiger partial charge in [-0.05, 0) is 6.07 Å². The van der Waals surface area contributed by atoms with Crippen molar-refractivity contribution >= 4 is 6.08 Å². The molecule has 0 amide bonds. The van der Waals surface area contributed by atoms with Crippen LogP contribution in [0.2, 0.25) is 0 Å². The highest BCUT2D eigenvalue weighted by Gasteiger charge is 1.91. The molecule has 0 heterocycles. The Hall–Kier alpha value is -1.71. The second-order valence-electron chi connectivity index (χ2n) is 1.98. The Kier molecular flexibility index (Phi) is 6.05. The Labute approximate surface area is 75.8 Å². The number of benzene rings is 1. The highest BCUT2D eigenvalue weighted by atomic mass is 19.1. The molecule has 0 fully saturated rings. The Balaban J connectivity index is 0.000000310. The van der Waals surface area contributed by atoms with Crippen LogP contribution in [0.15, 0.2) is 36.2 Å². The van der Waals surface area contributed by atoms with Crippen LogP contribution in [0.25, 0.3) is 6.08 Å². The summed E-state index contributed by atoms with van der Waals surface area (Å²) < 4.78 is 12.5. The van der Waals surface area contributed by atoms with Crippen LogP contribution in [0.5, 0.6) is 0 Å². The van der Waals surface area contributed by atoms with Crippen LogP contribution >= 0.6 is 0 Å². The zero-order valence-electron chi connectivity index (χ0n) is 7.24. The van der Waals surface area contributed by atoms with Crippen molar-refractivity contribution in [2.24, 2.45) is 5.34 Å². The summed E-state index contributed by atoms with van der Waals surface area (Å²) in [5, 5.41) is 1.99. The lowest BCUT2D eigenvalue weighted by Crippen LogP contribution is -1.76. The monoisotopic (exact) mass is 183 g/mol. The van der Waals surface area contributed by atoms with Gasteiger partial charge in [-0.25, -0.2) is 4.39 Å². The SMILES string of the molecule is C=Cc1ccccc1F.CON=O. The predicted molar refractivity (Wildman–Crippen MR) is 49.3 cm³/mol. The minimum atomic E-state index is -0.215. The molecule has 1 aromatic carbocycles. The Morgan fingerprint density at radius 1 is 1.54 bits per heavy atom. The fourth-order valence-electron chi connectivity index (χ4n) is 0.641. The van der Waals surface area contributed by atoms with E-state index in [1.807, 2.05) is 5.34 Å². The van der Waals surface area contributed by atoms with E-state index in [0.717, 1.165) is 0 Å². The van der Waals surface area contributed by atoms with Crippen LogP contribution in [-0.4, -0.2) is 7.11 Å². The van der Waals surface area contributed by atoms with Gasteiger partial charge in [-0.3, -0.25) is 0 Å². The van der Waals surface area contributed by atoms with E-state index >= 15 is 0 Å². The molecule has 0 N–H and O–H groups in total. The molecule has 13 heavy (non-hydrogen) atoms. The van der Waals surface area contributed by atoms with Gasteiger partial charge >= 0.3 is 0 Å². The van der Waals surface area contributed by atoms with Crippen LogP contribution in [0.4, 0.5) is 4.39 Å². The maximum atomic E-state index is 12.5. The van der Waals surface area contributed by atoms with Gasteiger partial charge in [0.2, 0.25) is 0 Å². The zero-order valence-corrected chi connectivity index (χ0v) is 7.24. The third kappa shape index (κ3) is 4.68. The van der Waals surface area contributed by atoms with Crippen molar-refractivity contribution in [3.8, 4) is 0 Å². The summed E-state index contributed by atoms with van der Waals surface area (Å²) >= 11 is 0. The smallest absolute Gasteiger partial charge is 0.154 e. The highest BCUT2D eigenvalue weighted by Crippen LogP contribution is 2.05. The van der Waals surface area contributed by atoms with E-state index in [0.29, 0.717) is 5.56 Å². The molecule has 0 radical (unpaired) electrons. The van der Waals surface area contributed by atoms with E-state index in [9.17, 15) is 4.39 Å². The number of rotatable bonds is 2. The van der Waals surface area contributed by atoms with Gasteiger partial charge < -0.3 is 4.84 Å². The number of halogens is 1. The van der Waals surface area contributed by atoms with Crippen molar-refractivity contribution < 1.29 is 9.23 Å². The molecule has 0 aliphatic carbocycles. The summed E-state index contributed by atoms with van der Waals surface area (Å²) in [5.74, 6) is -0.215. The van der Waals surface area contributed by atoms with Gasteiger partial charge in [0, 0.05) is 5.56 Å². The molecule has 0 aliphatic heterocycles. The van der Waals surface area contributed by atoms with Crippen LogP contribution < -0.4 is 0 Å². The topological polar surface area (TPSA) is 38.7 Å². The molecule has 0 saturated heterocycles. The summed E-state index contributed by atoms with van der Waals surface area (Å²) in [6, 6.07) is 6.53. The maximum Gasteiger partial charge on any atom is 0.154 e. The fourth-order valence-corrected chi connectivity index (χ4v) is 0.641. The highest BCUT2D eigenvalue weighted by molar-refractivity contribution is 5.46. The third-order valence-electron chi connectivity index (χ3n) is 1.20. The lowest BCUT2D eigenvalue weighted by Gasteiger charge is -1.91. The first kappa shape index (κ1) is 11.3. The average Bonchev–Trinajstić information content (AvgIpc) is 2.19. The molecule has 4 heteroatoms. The number of hydrogen-bond donors (Lipinski definition) is 0. The number of hydrogen-bond acceptors (Lipinski definition) is 3. The van der Waals surface area contributed by atoms with Gasteiger partial charge in [0.05, 0.1) is 0 Å². The van der Waals surface area contributed by atoms with Gasteiger partial charge in [0.25, 0.3) is 0 Å². The van der Waals surface area contributed by atoms with E-state index in [4.69, 9.17) is 4.91 Å². The van der Waals surface area contributed by atoms with Gasteiger partial charge in [0.1, 0.15) is 12.9 Å². The van der Waals surface area contributed by atoms with Gasteiger partial charge in [-0.1, -0.05) is 30.9 Å². The van der Waals surface area contributed by atoms with E-state index in [1.165, 1.54) is 19.3 Å². The first-order valence-electron chi connectivity index (χ1n) is 3.49. The summed E-state index contributed by atoms with van der Waals surface area (Å²) in [6.07, 6.45) is 1.50. The van der Waals surface area contributed by atoms with Gasteiger partial charge in [-0.2, -0.15) is 0 Å². The second-order valence-corrected chi connectivity index (χ2v) is 1.98. The minimum absolute atomic E-state index is 0.215. The molecule has 1 aromatic rings. The van der Waals surface area contributed by atoms with Crippen LogP contribution in [0.1, 0.15) is 5.56 Å².